The summed E-state index contributed by atoms with van der Waals surface area (Å²) in [4.78, 5) is 14.1. The number of hydrogen-bond acceptors (Lipinski definition) is 2. The zero-order valence-electron chi connectivity index (χ0n) is 10.8. The van der Waals surface area contributed by atoms with Crippen LogP contribution in [0.15, 0.2) is 22.7 Å². The number of nitrogens with zero attached hydrogens (tertiary/aromatic N) is 1. The highest BCUT2D eigenvalue weighted by Crippen LogP contribution is 2.19. The third-order valence-corrected chi connectivity index (χ3v) is 3.81. The molecular formula is C14H18BrNO2. The molecule has 1 fully saturated rings. The fraction of sp³-hybridized carbons (Fsp3) is 0.500. The Kier molecular flexibility index (Phi) is 4.40. The van der Waals surface area contributed by atoms with Gasteiger partial charge in [-0.1, -0.05) is 15.9 Å². The van der Waals surface area contributed by atoms with Crippen molar-refractivity contribution in [2.24, 2.45) is 5.92 Å². The molecule has 0 radical (unpaired) electrons. The minimum absolute atomic E-state index is 0.0897. The second-order valence-electron chi connectivity index (χ2n) is 4.87. The third kappa shape index (κ3) is 3.12. The molecule has 1 aliphatic rings. The van der Waals surface area contributed by atoms with E-state index >= 15 is 0 Å². The average molecular weight is 312 g/mol. The van der Waals surface area contributed by atoms with Crippen LogP contribution in [0.25, 0.3) is 0 Å². The van der Waals surface area contributed by atoms with E-state index in [1.807, 2.05) is 32.2 Å². The number of aryl methyl sites for hydroxylation is 1. The molecule has 1 saturated heterocycles. The maximum absolute atomic E-state index is 12.3. The number of halogens is 1. The number of benzene rings is 1. The Bertz CT molecular complexity index is 441. The molecule has 0 N–H and O–H groups in total. The first kappa shape index (κ1) is 13.6. The van der Waals surface area contributed by atoms with Gasteiger partial charge in [-0.15, -0.1) is 0 Å². The van der Waals surface area contributed by atoms with E-state index in [0.717, 1.165) is 41.8 Å². The Hall–Kier alpha value is -0.870. The normalized spacial score (nSPS) is 18.9. The van der Waals surface area contributed by atoms with E-state index < -0.39 is 0 Å². The molecule has 1 aliphatic heterocycles. The van der Waals surface area contributed by atoms with Crippen molar-refractivity contribution in [1.29, 1.82) is 0 Å². The van der Waals surface area contributed by atoms with Gasteiger partial charge in [0, 0.05) is 36.2 Å². The van der Waals surface area contributed by atoms with Crippen LogP contribution < -0.4 is 0 Å². The second-order valence-corrected chi connectivity index (χ2v) is 5.79. The second kappa shape index (κ2) is 5.85. The van der Waals surface area contributed by atoms with Crippen LogP contribution >= 0.6 is 15.9 Å². The lowest BCUT2D eigenvalue weighted by Gasteiger charge is -2.21. The third-order valence-electron chi connectivity index (χ3n) is 3.32. The molecule has 3 nitrogen and oxygen atoms in total. The quantitative estimate of drug-likeness (QED) is 0.859. The molecule has 0 aromatic heterocycles. The van der Waals surface area contributed by atoms with Crippen molar-refractivity contribution in [3.63, 3.8) is 0 Å². The summed E-state index contributed by atoms with van der Waals surface area (Å²) in [6, 6.07) is 5.76. The summed E-state index contributed by atoms with van der Waals surface area (Å²) in [7, 11) is 1.86. The maximum Gasteiger partial charge on any atom is 0.253 e. The van der Waals surface area contributed by atoms with E-state index in [1.54, 1.807) is 4.90 Å². The van der Waals surface area contributed by atoms with Gasteiger partial charge in [-0.25, -0.2) is 0 Å². The topological polar surface area (TPSA) is 29.5 Å². The van der Waals surface area contributed by atoms with Crippen LogP contribution in [-0.2, 0) is 4.74 Å². The summed E-state index contributed by atoms with van der Waals surface area (Å²) in [5.74, 6) is 0.571. The number of hydrogen-bond donors (Lipinski definition) is 0. The molecule has 1 aromatic carbocycles. The highest BCUT2D eigenvalue weighted by atomic mass is 79.9. The minimum Gasteiger partial charge on any atom is -0.381 e. The summed E-state index contributed by atoms with van der Waals surface area (Å²) in [5, 5.41) is 0. The summed E-state index contributed by atoms with van der Waals surface area (Å²) in [5.41, 5.74) is 1.78. The van der Waals surface area contributed by atoms with Gasteiger partial charge in [-0.05, 0) is 37.1 Å². The van der Waals surface area contributed by atoms with Crippen LogP contribution in [-0.4, -0.2) is 37.6 Å². The Morgan fingerprint density at radius 3 is 2.94 bits per heavy atom. The number of amides is 1. The van der Waals surface area contributed by atoms with E-state index in [9.17, 15) is 4.79 Å². The number of carbonyl (C=O) groups is 1. The van der Waals surface area contributed by atoms with Crippen molar-refractivity contribution in [3.8, 4) is 0 Å². The van der Waals surface area contributed by atoms with Crippen LogP contribution in [0.2, 0.25) is 0 Å². The van der Waals surface area contributed by atoms with Gasteiger partial charge in [0.25, 0.3) is 5.91 Å². The molecule has 0 bridgehead atoms. The van der Waals surface area contributed by atoms with E-state index in [0.29, 0.717) is 5.92 Å². The molecule has 1 amide bonds. The van der Waals surface area contributed by atoms with Crippen molar-refractivity contribution in [3.05, 3.63) is 33.8 Å². The summed E-state index contributed by atoms with van der Waals surface area (Å²) in [6.45, 7) is 4.33. The van der Waals surface area contributed by atoms with Gasteiger partial charge in [-0.2, -0.15) is 0 Å². The van der Waals surface area contributed by atoms with Crippen LogP contribution in [0.4, 0.5) is 0 Å². The highest BCUT2D eigenvalue weighted by Gasteiger charge is 2.21. The largest absolute Gasteiger partial charge is 0.381 e. The van der Waals surface area contributed by atoms with Gasteiger partial charge in [0.2, 0.25) is 0 Å². The first-order valence-corrected chi connectivity index (χ1v) is 6.96. The van der Waals surface area contributed by atoms with Crippen molar-refractivity contribution < 1.29 is 9.53 Å². The van der Waals surface area contributed by atoms with Crippen molar-refractivity contribution in [1.82, 2.24) is 4.90 Å². The number of carbonyl (C=O) groups excluding carboxylic acids is 1. The average Bonchev–Trinajstić information content (AvgIpc) is 2.81. The maximum atomic E-state index is 12.3. The van der Waals surface area contributed by atoms with Crippen molar-refractivity contribution in [2.45, 2.75) is 13.3 Å². The fourth-order valence-corrected chi connectivity index (χ4v) is 2.75. The van der Waals surface area contributed by atoms with Gasteiger partial charge in [0.05, 0.1) is 6.61 Å². The van der Waals surface area contributed by atoms with Gasteiger partial charge in [-0.3, -0.25) is 4.79 Å². The van der Waals surface area contributed by atoms with Gasteiger partial charge in [0.1, 0.15) is 0 Å². The molecule has 0 unspecified atom stereocenters. The predicted molar refractivity (Wildman–Crippen MR) is 74.8 cm³/mol. The highest BCUT2D eigenvalue weighted by molar-refractivity contribution is 9.10. The van der Waals surface area contributed by atoms with Gasteiger partial charge < -0.3 is 9.64 Å². The van der Waals surface area contributed by atoms with E-state index in [-0.39, 0.29) is 5.91 Å². The zero-order chi connectivity index (χ0) is 13.1. The molecule has 4 heteroatoms. The molecule has 0 spiro atoms. The summed E-state index contributed by atoms with van der Waals surface area (Å²) >= 11 is 3.41. The predicted octanol–water partition coefficient (Wildman–Crippen LogP) is 2.87. The Labute approximate surface area is 116 Å². The Morgan fingerprint density at radius 2 is 2.33 bits per heavy atom. The van der Waals surface area contributed by atoms with Crippen LogP contribution in [0.5, 0.6) is 0 Å². The SMILES string of the molecule is Cc1cc(Br)ccc1C(=O)N(C)C[C@@H]1CCOC1. The monoisotopic (exact) mass is 311 g/mol. The van der Waals surface area contributed by atoms with Crippen molar-refractivity contribution >= 4 is 21.8 Å². The lowest BCUT2D eigenvalue weighted by atomic mass is 10.1. The van der Waals surface area contributed by atoms with Gasteiger partial charge in [0.15, 0.2) is 0 Å². The molecule has 0 saturated carbocycles. The molecular weight excluding hydrogens is 294 g/mol. The molecule has 0 aliphatic carbocycles. The standard InChI is InChI=1S/C14H18BrNO2/c1-10-7-12(15)3-4-13(10)14(17)16(2)8-11-5-6-18-9-11/h3-4,7,11H,5-6,8-9H2,1-2H3/t11-/m0/s1. The molecule has 1 aromatic rings. The lowest BCUT2D eigenvalue weighted by molar-refractivity contribution is 0.0765. The molecule has 1 heterocycles. The number of rotatable bonds is 3. The van der Waals surface area contributed by atoms with Crippen molar-refractivity contribution in [2.75, 3.05) is 26.8 Å². The smallest absolute Gasteiger partial charge is 0.253 e. The molecule has 1 atom stereocenters. The van der Waals surface area contributed by atoms with Gasteiger partial charge >= 0.3 is 0 Å². The van der Waals surface area contributed by atoms with E-state index in [2.05, 4.69) is 15.9 Å². The van der Waals surface area contributed by atoms with Crippen LogP contribution in [0.3, 0.4) is 0 Å². The summed E-state index contributed by atoms with van der Waals surface area (Å²) in [6.07, 6.45) is 1.05. The molecule has 2 rings (SSSR count). The van der Waals surface area contributed by atoms with Crippen LogP contribution in [0, 0.1) is 12.8 Å². The first-order chi connectivity index (χ1) is 8.58. The lowest BCUT2D eigenvalue weighted by Crippen LogP contribution is -2.32. The molecule has 18 heavy (non-hydrogen) atoms. The summed E-state index contributed by atoms with van der Waals surface area (Å²) < 4.78 is 6.34. The number of ether oxygens (including phenoxy) is 1. The van der Waals surface area contributed by atoms with E-state index in [4.69, 9.17) is 4.74 Å². The van der Waals surface area contributed by atoms with E-state index in [1.165, 1.54) is 0 Å². The fourth-order valence-electron chi connectivity index (χ4n) is 2.27. The van der Waals surface area contributed by atoms with Crippen LogP contribution in [0.1, 0.15) is 22.3 Å². The Morgan fingerprint density at radius 1 is 1.56 bits per heavy atom. The minimum atomic E-state index is 0.0897. The molecule has 98 valence electrons. The first-order valence-electron chi connectivity index (χ1n) is 6.17. The Balaban J connectivity index is 2.05. The zero-order valence-corrected chi connectivity index (χ0v) is 12.4.